The summed E-state index contributed by atoms with van der Waals surface area (Å²) in [5.41, 5.74) is 2.98. The lowest BCUT2D eigenvalue weighted by atomic mass is 10.2. The standard InChI is InChI=1S/C22H24N4O3S2/c1-16-8-9-20(17(2)14-16)31(28,29)25-12-10-24(11-13-25)21(27)19-15-23-22(30)26(19)18-6-4-3-5-7-18/h3-9,14-15H,10-13H2,1-2H3,(H,23,30). The van der Waals surface area contributed by atoms with E-state index in [4.69, 9.17) is 12.2 Å². The van der Waals surface area contributed by atoms with Gasteiger partial charge >= 0.3 is 0 Å². The molecule has 31 heavy (non-hydrogen) atoms. The highest BCUT2D eigenvalue weighted by Crippen LogP contribution is 2.23. The van der Waals surface area contributed by atoms with Crippen molar-refractivity contribution in [2.24, 2.45) is 0 Å². The van der Waals surface area contributed by atoms with Gasteiger partial charge in [-0.1, -0.05) is 35.9 Å². The van der Waals surface area contributed by atoms with E-state index in [-0.39, 0.29) is 19.0 Å². The number of amides is 1. The quantitative estimate of drug-likeness (QED) is 0.611. The summed E-state index contributed by atoms with van der Waals surface area (Å²) in [6.07, 6.45) is 1.61. The van der Waals surface area contributed by atoms with Gasteiger partial charge in [-0.2, -0.15) is 4.31 Å². The number of aryl methyl sites for hydroxylation is 2. The number of nitrogens with one attached hydrogen (secondary N) is 1. The predicted octanol–water partition coefficient (Wildman–Crippen LogP) is 3.30. The van der Waals surface area contributed by atoms with Gasteiger partial charge in [0, 0.05) is 38.1 Å². The van der Waals surface area contributed by atoms with Crippen LogP contribution < -0.4 is 0 Å². The molecule has 0 saturated carbocycles. The van der Waals surface area contributed by atoms with Crippen molar-refractivity contribution in [1.29, 1.82) is 0 Å². The smallest absolute Gasteiger partial charge is 0.272 e. The van der Waals surface area contributed by atoms with Gasteiger partial charge in [-0.05, 0) is 49.8 Å². The fourth-order valence-corrected chi connectivity index (χ4v) is 5.77. The van der Waals surface area contributed by atoms with Gasteiger partial charge < -0.3 is 9.88 Å². The number of imidazole rings is 1. The Morgan fingerprint density at radius 3 is 2.32 bits per heavy atom. The Morgan fingerprint density at radius 1 is 1.00 bits per heavy atom. The molecule has 4 rings (SSSR count). The van der Waals surface area contributed by atoms with Crippen molar-refractivity contribution in [3.8, 4) is 5.69 Å². The summed E-state index contributed by atoms with van der Waals surface area (Å²) in [7, 11) is -3.60. The van der Waals surface area contributed by atoms with Gasteiger partial charge in [-0.15, -0.1) is 0 Å². The third-order valence-electron chi connectivity index (χ3n) is 5.48. The minimum absolute atomic E-state index is 0.181. The molecular formula is C22H24N4O3S2. The Hall–Kier alpha value is -2.75. The fourth-order valence-electron chi connectivity index (χ4n) is 3.88. The minimum Gasteiger partial charge on any atom is -0.336 e. The number of H-pyrrole nitrogens is 1. The molecule has 0 aliphatic carbocycles. The molecule has 1 aromatic heterocycles. The maximum atomic E-state index is 13.2. The highest BCUT2D eigenvalue weighted by Gasteiger charge is 2.32. The lowest BCUT2D eigenvalue weighted by Crippen LogP contribution is -2.50. The second-order valence-corrected chi connectivity index (χ2v) is 9.91. The Morgan fingerprint density at radius 2 is 1.68 bits per heavy atom. The van der Waals surface area contributed by atoms with Crippen LogP contribution in [-0.4, -0.2) is 59.3 Å². The molecule has 9 heteroatoms. The molecule has 2 heterocycles. The number of piperazine rings is 1. The number of benzene rings is 2. The molecular weight excluding hydrogens is 432 g/mol. The van der Waals surface area contributed by atoms with E-state index in [9.17, 15) is 13.2 Å². The molecule has 1 N–H and O–H groups in total. The molecule has 162 valence electrons. The van der Waals surface area contributed by atoms with E-state index in [2.05, 4.69) is 4.98 Å². The molecule has 0 bridgehead atoms. The van der Waals surface area contributed by atoms with Crippen molar-refractivity contribution >= 4 is 28.1 Å². The van der Waals surface area contributed by atoms with Gasteiger partial charge in [-0.25, -0.2) is 8.42 Å². The summed E-state index contributed by atoms with van der Waals surface area (Å²) >= 11 is 5.37. The second kappa shape index (κ2) is 8.41. The second-order valence-electron chi connectivity index (χ2n) is 7.62. The lowest BCUT2D eigenvalue weighted by Gasteiger charge is -2.34. The Kier molecular flexibility index (Phi) is 5.83. The summed E-state index contributed by atoms with van der Waals surface area (Å²) in [4.78, 5) is 18.1. The molecule has 0 spiro atoms. The number of rotatable bonds is 4. The van der Waals surface area contributed by atoms with Gasteiger partial charge in [0.15, 0.2) is 4.77 Å². The number of aromatic nitrogens is 2. The zero-order valence-corrected chi connectivity index (χ0v) is 19.0. The Bertz CT molecular complexity index is 1270. The van der Waals surface area contributed by atoms with Crippen LogP contribution in [-0.2, 0) is 10.0 Å². The zero-order chi connectivity index (χ0) is 22.2. The summed E-state index contributed by atoms with van der Waals surface area (Å²) < 4.78 is 29.8. The first-order valence-corrected chi connectivity index (χ1v) is 11.9. The first-order chi connectivity index (χ1) is 14.8. The summed E-state index contributed by atoms with van der Waals surface area (Å²) in [5, 5.41) is 0. The number of hydrogen-bond donors (Lipinski definition) is 1. The van der Waals surface area contributed by atoms with Crippen molar-refractivity contribution in [3.63, 3.8) is 0 Å². The SMILES string of the molecule is Cc1ccc(S(=O)(=O)N2CCN(C(=O)c3c[nH]c(=S)n3-c3ccccc3)CC2)c(C)c1. The minimum atomic E-state index is -3.60. The van der Waals surface area contributed by atoms with E-state index in [1.54, 1.807) is 34.7 Å². The summed E-state index contributed by atoms with van der Waals surface area (Å²) in [6, 6.07) is 14.8. The average molecular weight is 457 g/mol. The van der Waals surface area contributed by atoms with Gasteiger partial charge in [0.2, 0.25) is 10.0 Å². The van der Waals surface area contributed by atoms with Crippen LogP contribution in [0.2, 0.25) is 0 Å². The maximum absolute atomic E-state index is 13.2. The fraction of sp³-hybridized carbons (Fsp3) is 0.273. The van der Waals surface area contributed by atoms with Crippen LogP contribution in [0.1, 0.15) is 21.6 Å². The molecule has 1 aliphatic heterocycles. The largest absolute Gasteiger partial charge is 0.336 e. The summed E-state index contributed by atoms with van der Waals surface area (Å²) in [6.45, 7) is 4.87. The first-order valence-electron chi connectivity index (χ1n) is 10.0. The average Bonchev–Trinajstić information content (AvgIpc) is 3.15. The number of carbonyl (C=O) groups excluding carboxylic acids is 1. The molecule has 3 aromatic rings. The molecule has 7 nitrogen and oxygen atoms in total. The molecule has 0 unspecified atom stereocenters. The normalized spacial score (nSPS) is 15.2. The van der Waals surface area contributed by atoms with Gasteiger partial charge in [0.1, 0.15) is 5.69 Å². The number of carbonyl (C=O) groups is 1. The molecule has 0 radical (unpaired) electrons. The first kappa shape index (κ1) is 21.5. The highest BCUT2D eigenvalue weighted by molar-refractivity contribution is 7.89. The lowest BCUT2D eigenvalue weighted by molar-refractivity contribution is 0.0689. The van der Waals surface area contributed by atoms with Crippen molar-refractivity contribution in [2.45, 2.75) is 18.7 Å². The van der Waals surface area contributed by atoms with Crippen molar-refractivity contribution in [1.82, 2.24) is 18.8 Å². The third-order valence-corrected chi connectivity index (χ3v) is 7.84. The molecule has 1 fully saturated rings. The van der Waals surface area contributed by atoms with E-state index in [0.29, 0.717) is 28.4 Å². The highest BCUT2D eigenvalue weighted by atomic mass is 32.2. The van der Waals surface area contributed by atoms with E-state index in [0.717, 1.165) is 16.8 Å². The van der Waals surface area contributed by atoms with Crippen LogP contribution in [0, 0.1) is 18.6 Å². The van der Waals surface area contributed by atoms with Crippen LogP contribution in [0.5, 0.6) is 0 Å². The van der Waals surface area contributed by atoms with Crippen LogP contribution in [0.3, 0.4) is 0 Å². The van der Waals surface area contributed by atoms with E-state index >= 15 is 0 Å². The van der Waals surface area contributed by atoms with Gasteiger partial charge in [0.25, 0.3) is 5.91 Å². The van der Waals surface area contributed by atoms with Crippen molar-refractivity contribution in [3.05, 3.63) is 76.3 Å². The monoisotopic (exact) mass is 456 g/mol. The van der Waals surface area contributed by atoms with Crippen molar-refractivity contribution < 1.29 is 13.2 Å². The summed E-state index contributed by atoms with van der Waals surface area (Å²) in [5.74, 6) is -0.181. The van der Waals surface area contributed by atoms with Gasteiger partial charge in [-0.3, -0.25) is 9.36 Å². The zero-order valence-electron chi connectivity index (χ0n) is 17.4. The molecule has 1 saturated heterocycles. The van der Waals surface area contributed by atoms with E-state index in [1.807, 2.05) is 43.3 Å². The van der Waals surface area contributed by atoms with Crippen LogP contribution in [0.15, 0.2) is 59.6 Å². The Labute approximate surface area is 187 Å². The third kappa shape index (κ3) is 4.08. The van der Waals surface area contributed by atoms with E-state index < -0.39 is 10.0 Å². The number of hydrogen-bond acceptors (Lipinski definition) is 4. The number of nitrogens with zero attached hydrogens (tertiary/aromatic N) is 3. The van der Waals surface area contributed by atoms with Crippen LogP contribution in [0.25, 0.3) is 5.69 Å². The molecule has 2 aromatic carbocycles. The molecule has 1 amide bonds. The number of sulfonamides is 1. The topological polar surface area (TPSA) is 78.4 Å². The van der Waals surface area contributed by atoms with Gasteiger partial charge in [0.05, 0.1) is 4.90 Å². The van der Waals surface area contributed by atoms with Crippen molar-refractivity contribution in [2.75, 3.05) is 26.2 Å². The van der Waals surface area contributed by atoms with E-state index in [1.165, 1.54) is 4.31 Å². The van der Waals surface area contributed by atoms with Crippen LogP contribution in [0.4, 0.5) is 0 Å². The number of para-hydroxylation sites is 1. The Balaban J connectivity index is 1.52. The predicted molar refractivity (Wildman–Crippen MR) is 122 cm³/mol. The molecule has 1 aliphatic rings. The number of aromatic amines is 1. The maximum Gasteiger partial charge on any atom is 0.272 e. The molecule has 0 atom stereocenters. The van der Waals surface area contributed by atoms with Crippen LogP contribution >= 0.6 is 12.2 Å².